The van der Waals surface area contributed by atoms with Crippen molar-refractivity contribution in [3.63, 3.8) is 0 Å². The molecule has 0 fully saturated rings. The summed E-state index contributed by atoms with van der Waals surface area (Å²) in [6, 6.07) is 3.52. The number of H-pyrrole nitrogens is 1. The van der Waals surface area contributed by atoms with Crippen molar-refractivity contribution in [3.8, 4) is 6.07 Å². The Morgan fingerprint density at radius 3 is 2.81 bits per heavy atom. The molecular formula is C13H11FN2. The van der Waals surface area contributed by atoms with Crippen molar-refractivity contribution >= 4 is 16.5 Å². The van der Waals surface area contributed by atoms with Crippen LogP contribution in [0.1, 0.15) is 23.6 Å². The summed E-state index contributed by atoms with van der Waals surface area (Å²) < 4.78 is 13.7. The zero-order valence-electron chi connectivity index (χ0n) is 9.19. The summed E-state index contributed by atoms with van der Waals surface area (Å²) in [7, 11) is 0. The smallest absolute Gasteiger partial charge is 0.147 e. The zero-order valence-corrected chi connectivity index (χ0v) is 9.19. The molecule has 2 aromatic rings. The highest BCUT2D eigenvalue weighted by Gasteiger charge is 2.15. The molecule has 0 bridgehead atoms. The third kappa shape index (κ3) is 1.31. The Morgan fingerprint density at radius 1 is 1.56 bits per heavy atom. The minimum Gasteiger partial charge on any atom is -0.357 e. The Labute approximate surface area is 93.0 Å². The van der Waals surface area contributed by atoms with Crippen molar-refractivity contribution in [1.29, 1.82) is 5.26 Å². The predicted molar refractivity (Wildman–Crippen MR) is 62.4 cm³/mol. The first-order valence-corrected chi connectivity index (χ1v) is 4.92. The lowest BCUT2D eigenvalue weighted by Gasteiger charge is -2.08. The molecular weight excluding hydrogens is 203 g/mol. The molecule has 0 aliphatic rings. The topological polar surface area (TPSA) is 39.6 Å². The van der Waals surface area contributed by atoms with E-state index in [1.807, 2.05) is 13.8 Å². The quantitative estimate of drug-likeness (QED) is 0.775. The van der Waals surface area contributed by atoms with Crippen molar-refractivity contribution in [2.75, 3.05) is 0 Å². The molecule has 1 heterocycles. The second-order valence-corrected chi connectivity index (χ2v) is 3.89. The Kier molecular flexibility index (Phi) is 2.28. The fourth-order valence-corrected chi connectivity index (χ4v) is 2.04. The number of rotatable bonds is 1. The number of hydrogen-bond acceptors (Lipinski definition) is 1. The highest BCUT2D eigenvalue weighted by Crippen LogP contribution is 2.31. The molecule has 16 heavy (non-hydrogen) atoms. The van der Waals surface area contributed by atoms with Crippen LogP contribution in [0.4, 0.5) is 4.39 Å². The molecule has 80 valence electrons. The number of nitrogens with one attached hydrogen (secondary N) is 1. The minimum atomic E-state index is -0.334. The van der Waals surface area contributed by atoms with Crippen molar-refractivity contribution < 1.29 is 4.39 Å². The maximum absolute atomic E-state index is 13.7. The van der Waals surface area contributed by atoms with Gasteiger partial charge in [0.05, 0.1) is 11.1 Å². The number of nitriles is 1. The number of nitrogens with zero attached hydrogens (tertiary/aromatic N) is 1. The molecule has 0 aliphatic heterocycles. The minimum absolute atomic E-state index is 0.334. The molecule has 0 spiro atoms. The fraction of sp³-hybridized carbons (Fsp3) is 0.154. The first-order chi connectivity index (χ1) is 7.56. The normalized spacial score (nSPS) is 10.4. The van der Waals surface area contributed by atoms with Crippen LogP contribution in [-0.2, 0) is 0 Å². The Hall–Kier alpha value is -2.08. The highest BCUT2D eigenvalue weighted by atomic mass is 19.1. The first kappa shape index (κ1) is 10.4. The van der Waals surface area contributed by atoms with E-state index in [4.69, 9.17) is 5.26 Å². The van der Waals surface area contributed by atoms with Crippen molar-refractivity contribution in [2.45, 2.75) is 13.8 Å². The van der Waals surface area contributed by atoms with Crippen LogP contribution in [-0.4, -0.2) is 4.98 Å². The summed E-state index contributed by atoms with van der Waals surface area (Å²) in [5.41, 5.74) is 3.32. The van der Waals surface area contributed by atoms with Crippen LogP contribution in [0.15, 0.2) is 18.8 Å². The molecule has 0 saturated carbocycles. The van der Waals surface area contributed by atoms with Gasteiger partial charge in [0, 0.05) is 11.6 Å². The van der Waals surface area contributed by atoms with E-state index < -0.39 is 0 Å². The molecule has 0 radical (unpaired) electrons. The van der Waals surface area contributed by atoms with E-state index in [0.29, 0.717) is 16.5 Å². The number of aromatic nitrogens is 1. The van der Waals surface area contributed by atoms with E-state index >= 15 is 0 Å². The second kappa shape index (κ2) is 3.49. The lowest BCUT2D eigenvalue weighted by Crippen LogP contribution is -1.91. The summed E-state index contributed by atoms with van der Waals surface area (Å²) in [4.78, 5) is 2.79. The third-order valence-corrected chi connectivity index (χ3v) is 2.65. The maximum atomic E-state index is 13.7. The molecule has 0 aliphatic carbocycles. The molecule has 0 saturated heterocycles. The van der Waals surface area contributed by atoms with Gasteiger partial charge in [0.1, 0.15) is 11.9 Å². The lowest BCUT2D eigenvalue weighted by molar-refractivity contribution is 0.636. The van der Waals surface area contributed by atoms with Gasteiger partial charge in [-0.15, -0.1) is 0 Å². The molecule has 0 unspecified atom stereocenters. The zero-order chi connectivity index (χ0) is 11.9. The van der Waals surface area contributed by atoms with Crippen LogP contribution in [0.2, 0.25) is 0 Å². The van der Waals surface area contributed by atoms with Gasteiger partial charge in [-0.1, -0.05) is 12.2 Å². The number of aromatic amines is 1. The van der Waals surface area contributed by atoms with E-state index in [1.165, 1.54) is 12.3 Å². The summed E-state index contributed by atoms with van der Waals surface area (Å²) in [5.74, 6) is -0.334. The highest BCUT2D eigenvalue weighted by molar-refractivity contribution is 5.97. The van der Waals surface area contributed by atoms with E-state index in [9.17, 15) is 4.39 Å². The van der Waals surface area contributed by atoms with Gasteiger partial charge in [0.25, 0.3) is 0 Å². The fourth-order valence-electron chi connectivity index (χ4n) is 2.04. The number of halogens is 1. The molecule has 1 aromatic heterocycles. The SMILES string of the molecule is C=C(C)c1c(C)cc(F)c2[nH]cc(C#N)c12. The largest absolute Gasteiger partial charge is 0.357 e. The van der Waals surface area contributed by atoms with Gasteiger partial charge >= 0.3 is 0 Å². The van der Waals surface area contributed by atoms with Gasteiger partial charge in [-0.2, -0.15) is 5.26 Å². The third-order valence-electron chi connectivity index (χ3n) is 2.65. The van der Waals surface area contributed by atoms with Crippen LogP contribution in [0.5, 0.6) is 0 Å². The standard InChI is InChI=1S/C13H11FN2/c1-7(2)11-8(3)4-10(14)13-12(11)9(5-15)6-16-13/h4,6,16H,1H2,2-3H3. The van der Waals surface area contributed by atoms with Crippen LogP contribution in [0.25, 0.3) is 16.5 Å². The van der Waals surface area contributed by atoms with Crippen LogP contribution in [0, 0.1) is 24.1 Å². The van der Waals surface area contributed by atoms with E-state index in [1.54, 1.807) is 0 Å². The van der Waals surface area contributed by atoms with Crippen molar-refractivity contribution in [3.05, 3.63) is 41.3 Å². The van der Waals surface area contributed by atoms with Crippen LogP contribution < -0.4 is 0 Å². The Balaban J connectivity index is 3.03. The number of aryl methyl sites for hydroxylation is 1. The number of hydrogen-bond donors (Lipinski definition) is 1. The van der Waals surface area contributed by atoms with Gasteiger partial charge in [0.15, 0.2) is 0 Å². The maximum Gasteiger partial charge on any atom is 0.147 e. The van der Waals surface area contributed by atoms with Gasteiger partial charge < -0.3 is 4.98 Å². The predicted octanol–water partition coefficient (Wildman–Crippen LogP) is 3.52. The first-order valence-electron chi connectivity index (χ1n) is 4.92. The Bertz CT molecular complexity index is 629. The molecule has 3 heteroatoms. The van der Waals surface area contributed by atoms with Gasteiger partial charge in [0.2, 0.25) is 0 Å². The second-order valence-electron chi connectivity index (χ2n) is 3.89. The molecule has 0 atom stereocenters. The molecule has 1 N–H and O–H groups in total. The lowest BCUT2D eigenvalue weighted by atomic mass is 9.96. The average molecular weight is 214 g/mol. The van der Waals surface area contributed by atoms with Crippen LogP contribution >= 0.6 is 0 Å². The molecule has 2 nitrogen and oxygen atoms in total. The van der Waals surface area contributed by atoms with Gasteiger partial charge in [-0.05, 0) is 31.0 Å². The summed E-state index contributed by atoms with van der Waals surface area (Å²) in [6.07, 6.45) is 1.53. The number of benzene rings is 1. The molecule has 2 rings (SSSR count). The van der Waals surface area contributed by atoms with Gasteiger partial charge in [-0.25, -0.2) is 4.39 Å². The van der Waals surface area contributed by atoms with Crippen molar-refractivity contribution in [2.24, 2.45) is 0 Å². The van der Waals surface area contributed by atoms with E-state index in [-0.39, 0.29) is 5.82 Å². The van der Waals surface area contributed by atoms with Gasteiger partial charge in [-0.3, -0.25) is 0 Å². The van der Waals surface area contributed by atoms with E-state index in [2.05, 4.69) is 17.6 Å². The molecule has 1 aromatic carbocycles. The molecule has 0 amide bonds. The summed E-state index contributed by atoms with van der Waals surface area (Å²) in [6.45, 7) is 7.55. The number of fused-ring (bicyclic) bond motifs is 1. The van der Waals surface area contributed by atoms with Crippen molar-refractivity contribution in [1.82, 2.24) is 4.98 Å². The van der Waals surface area contributed by atoms with E-state index in [0.717, 1.165) is 16.7 Å². The Morgan fingerprint density at radius 2 is 2.25 bits per heavy atom. The van der Waals surface area contributed by atoms with Crippen LogP contribution in [0.3, 0.4) is 0 Å². The monoisotopic (exact) mass is 214 g/mol. The average Bonchev–Trinajstić information content (AvgIpc) is 2.60. The summed E-state index contributed by atoms with van der Waals surface area (Å²) >= 11 is 0. The summed E-state index contributed by atoms with van der Waals surface area (Å²) in [5, 5.41) is 9.62. The number of allylic oxidation sites excluding steroid dienone is 1.